The summed E-state index contributed by atoms with van der Waals surface area (Å²) in [5.74, 6) is 8.32. The van der Waals surface area contributed by atoms with E-state index in [1.54, 1.807) is 0 Å². The van der Waals surface area contributed by atoms with Gasteiger partial charge < -0.3 is 14.5 Å². The summed E-state index contributed by atoms with van der Waals surface area (Å²) in [6.07, 6.45) is 8.48. The molecule has 3 nitrogen and oxygen atoms in total. The van der Waals surface area contributed by atoms with Gasteiger partial charge in [0.15, 0.2) is 0 Å². The molecule has 2 aliphatic heterocycles. The van der Waals surface area contributed by atoms with Crippen LogP contribution in [0.4, 0.5) is 0 Å². The summed E-state index contributed by atoms with van der Waals surface area (Å²) in [4.78, 5) is 5.16. The second-order valence-corrected chi connectivity index (χ2v) is 9.69. The molecule has 0 spiro atoms. The third-order valence-corrected chi connectivity index (χ3v) is 6.02. The molecule has 2 saturated heterocycles. The molecule has 3 fully saturated rings. The van der Waals surface area contributed by atoms with Crippen LogP contribution in [0.25, 0.3) is 0 Å². The number of hydrogen-bond donors (Lipinski definition) is 0. The first-order valence-corrected chi connectivity index (χ1v) is 11.5. The molecule has 0 unspecified atom stereocenters. The zero-order valence-corrected chi connectivity index (χ0v) is 18.9. The van der Waals surface area contributed by atoms with Crippen LogP contribution in [0.3, 0.4) is 0 Å². The van der Waals surface area contributed by atoms with E-state index in [1.807, 2.05) is 13.8 Å². The van der Waals surface area contributed by atoms with E-state index >= 15 is 0 Å². The minimum Gasteiger partial charge on any atom is -0.375 e. The minimum atomic E-state index is 0. The largest absolute Gasteiger partial charge is 0.375 e. The zero-order chi connectivity index (χ0) is 19.9. The first-order chi connectivity index (χ1) is 12.9. The summed E-state index contributed by atoms with van der Waals surface area (Å²) in [6, 6.07) is 0. The molecular weight excluding hydrogens is 344 g/mol. The van der Waals surface area contributed by atoms with E-state index in [1.165, 1.54) is 58.4 Å². The van der Waals surface area contributed by atoms with Crippen molar-refractivity contribution >= 4 is 0 Å². The molecule has 164 valence electrons. The summed E-state index contributed by atoms with van der Waals surface area (Å²) in [6.45, 7) is 16.9. The van der Waals surface area contributed by atoms with Crippen molar-refractivity contribution < 1.29 is 4.74 Å². The molecule has 0 radical (unpaired) electrons. The third-order valence-electron chi connectivity index (χ3n) is 6.02. The number of piperidine rings is 2. The van der Waals surface area contributed by atoms with Crippen molar-refractivity contribution in [1.82, 2.24) is 9.80 Å². The second-order valence-electron chi connectivity index (χ2n) is 9.69. The maximum atomic E-state index is 6.34. The Morgan fingerprint density at radius 1 is 0.893 bits per heavy atom. The first kappa shape index (κ1) is 25.5. The highest BCUT2D eigenvalue weighted by Gasteiger charge is 2.32. The Bertz CT molecular complexity index is 465. The monoisotopic (exact) mass is 392 g/mol. The van der Waals surface area contributed by atoms with Crippen LogP contribution >= 0.6 is 0 Å². The first-order valence-electron chi connectivity index (χ1n) is 11.5. The molecule has 1 saturated carbocycles. The molecular formula is C25H48N2O. The normalized spacial score (nSPS) is 27.5. The van der Waals surface area contributed by atoms with Crippen LogP contribution in [0.1, 0.15) is 80.6 Å². The van der Waals surface area contributed by atoms with Crippen molar-refractivity contribution in [2.75, 3.05) is 39.8 Å². The van der Waals surface area contributed by atoms with Crippen LogP contribution in [0, 0.1) is 29.1 Å². The van der Waals surface area contributed by atoms with Gasteiger partial charge >= 0.3 is 0 Å². The average molecular weight is 393 g/mol. The molecule has 3 rings (SSSR count). The van der Waals surface area contributed by atoms with E-state index in [2.05, 4.69) is 49.5 Å². The fourth-order valence-electron chi connectivity index (χ4n) is 4.22. The summed E-state index contributed by atoms with van der Waals surface area (Å²) >= 11 is 0. The Kier molecular flexibility index (Phi) is 11.1. The van der Waals surface area contributed by atoms with Crippen molar-refractivity contribution in [3.8, 4) is 11.8 Å². The van der Waals surface area contributed by atoms with E-state index in [0.29, 0.717) is 18.1 Å². The van der Waals surface area contributed by atoms with Crippen LogP contribution in [-0.4, -0.2) is 61.8 Å². The van der Waals surface area contributed by atoms with E-state index < -0.39 is 0 Å². The topological polar surface area (TPSA) is 15.7 Å². The van der Waals surface area contributed by atoms with E-state index in [0.717, 1.165) is 18.8 Å². The molecule has 2 heterocycles. The number of likely N-dealkylation sites (tertiary alicyclic amines) is 2. The molecule has 0 aromatic rings. The molecule has 0 aromatic carbocycles. The van der Waals surface area contributed by atoms with Crippen LogP contribution in [-0.2, 0) is 4.74 Å². The number of ether oxygens (including phenoxy) is 1. The van der Waals surface area contributed by atoms with Gasteiger partial charge in [-0.1, -0.05) is 33.1 Å². The van der Waals surface area contributed by atoms with Crippen molar-refractivity contribution in [2.24, 2.45) is 17.3 Å². The highest BCUT2D eigenvalue weighted by Crippen LogP contribution is 2.32. The van der Waals surface area contributed by atoms with Crippen LogP contribution in [0.15, 0.2) is 0 Å². The number of nitrogens with zero attached hydrogens (tertiary/aromatic N) is 2. The van der Waals surface area contributed by atoms with Gasteiger partial charge in [-0.3, -0.25) is 0 Å². The molecule has 0 amide bonds. The Morgan fingerprint density at radius 2 is 1.46 bits per heavy atom. The van der Waals surface area contributed by atoms with Crippen LogP contribution in [0.5, 0.6) is 0 Å². The lowest BCUT2D eigenvalue weighted by molar-refractivity contribution is -0.0858. The lowest BCUT2D eigenvalue weighted by atomic mass is 9.81. The summed E-state index contributed by atoms with van der Waals surface area (Å²) in [5.41, 5.74) is 0.131. The molecule has 3 heteroatoms. The smallest absolute Gasteiger partial charge is 0.0603 e. The Hall–Kier alpha value is -0.560. The molecule has 0 aromatic heterocycles. The predicted molar refractivity (Wildman–Crippen MR) is 123 cm³/mol. The van der Waals surface area contributed by atoms with Crippen LogP contribution < -0.4 is 0 Å². The molecule has 1 aliphatic carbocycles. The van der Waals surface area contributed by atoms with Gasteiger partial charge in [0.1, 0.15) is 0 Å². The summed E-state index contributed by atoms with van der Waals surface area (Å²) in [7, 11) is 2.25. The maximum absolute atomic E-state index is 6.34. The Labute approximate surface area is 176 Å². The molecule has 3 aliphatic rings. The lowest BCUT2D eigenvalue weighted by Gasteiger charge is -2.40. The Balaban J connectivity index is 0.00000127. The molecule has 0 bridgehead atoms. The number of hydrogen-bond acceptors (Lipinski definition) is 3. The second kappa shape index (κ2) is 12.2. The van der Waals surface area contributed by atoms with Crippen molar-refractivity contribution in [3.63, 3.8) is 0 Å². The lowest BCUT2D eigenvalue weighted by Crippen LogP contribution is -2.44. The maximum Gasteiger partial charge on any atom is 0.0603 e. The summed E-state index contributed by atoms with van der Waals surface area (Å²) < 4.78 is 6.34. The van der Waals surface area contributed by atoms with Gasteiger partial charge in [0.2, 0.25) is 0 Å². The summed E-state index contributed by atoms with van der Waals surface area (Å²) in [5, 5.41) is 0. The highest BCUT2D eigenvalue weighted by atomic mass is 16.5. The molecule has 0 N–H and O–H groups in total. The van der Waals surface area contributed by atoms with E-state index in [-0.39, 0.29) is 12.8 Å². The van der Waals surface area contributed by atoms with Crippen molar-refractivity contribution in [3.05, 3.63) is 0 Å². The van der Waals surface area contributed by atoms with Gasteiger partial charge in [0, 0.05) is 31.0 Å². The average Bonchev–Trinajstić information content (AvgIpc) is 2.61. The van der Waals surface area contributed by atoms with Crippen LogP contribution in [0.2, 0.25) is 0 Å². The van der Waals surface area contributed by atoms with E-state index in [9.17, 15) is 0 Å². The highest BCUT2D eigenvalue weighted by molar-refractivity contribution is 5.13. The van der Waals surface area contributed by atoms with Gasteiger partial charge in [-0.05, 0) is 85.4 Å². The Morgan fingerprint density at radius 3 is 2.00 bits per heavy atom. The minimum absolute atomic E-state index is 0. The molecule has 0 atom stereocenters. The predicted octanol–water partition coefficient (Wildman–Crippen LogP) is 5.30. The number of rotatable bonds is 4. The fraction of sp³-hybridized carbons (Fsp3) is 0.920. The van der Waals surface area contributed by atoms with Gasteiger partial charge in [0.25, 0.3) is 0 Å². The standard InChI is InChI=1S/C22H38N2O.C2H6.CH4/c1-22(2,3)10-5-19-15-21(16-19)25-20-8-13-24(14-9-20)17-18-6-11-23(4)12-7-18;1-2;/h18-21H,6-9,11-17H2,1-4H3;1-2H3;1H4. The fourth-order valence-corrected chi connectivity index (χ4v) is 4.22. The zero-order valence-electron chi connectivity index (χ0n) is 18.9. The van der Waals surface area contributed by atoms with E-state index in [4.69, 9.17) is 4.74 Å². The van der Waals surface area contributed by atoms with Gasteiger partial charge in [-0.2, -0.15) is 0 Å². The quantitative estimate of drug-likeness (QED) is 0.604. The van der Waals surface area contributed by atoms with Crippen molar-refractivity contribution in [1.29, 1.82) is 0 Å². The van der Waals surface area contributed by atoms with Gasteiger partial charge in [0.05, 0.1) is 12.2 Å². The molecule has 28 heavy (non-hydrogen) atoms. The van der Waals surface area contributed by atoms with Gasteiger partial charge in [-0.15, -0.1) is 0 Å². The van der Waals surface area contributed by atoms with Crippen molar-refractivity contribution in [2.45, 2.75) is 92.8 Å². The SMILES string of the molecule is C.CC.CN1CCC(CN2CCC(OC3CC(C#CC(C)(C)C)C3)CC2)CC1. The van der Waals surface area contributed by atoms with Gasteiger partial charge in [-0.25, -0.2) is 0 Å². The third kappa shape index (κ3) is 8.85.